The molecular weight excluding hydrogens is 205 g/mol. The van der Waals surface area contributed by atoms with E-state index in [1.807, 2.05) is 0 Å². The standard InChI is InChI=1S/C10H13F3N2/c11-10(12,13)8-2-1-3-9(6-8)15-5-4-14-7-15/h4-5,7-9H,1-3,6H2/t8-,9?/m1/s1. The van der Waals surface area contributed by atoms with Crippen molar-refractivity contribution in [2.24, 2.45) is 5.92 Å². The number of imidazole rings is 1. The molecule has 2 nitrogen and oxygen atoms in total. The van der Waals surface area contributed by atoms with Crippen molar-refractivity contribution in [3.05, 3.63) is 18.7 Å². The Kier molecular flexibility index (Phi) is 2.71. The number of alkyl halides is 3. The lowest BCUT2D eigenvalue weighted by Gasteiger charge is -2.31. The number of aromatic nitrogens is 2. The highest BCUT2D eigenvalue weighted by Crippen LogP contribution is 2.41. The zero-order valence-electron chi connectivity index (χ0n) is 8.24. The van der Waals surface area contributed by atoms with Crippen molar-refractivity contribution in [2.45, 2.75) is 37.9 Å². The summed E-state index contributed by atoms with van der Waals surface area (Å²) in [5, 5.41) is 0. The Balaban J connectivity index is 2.05. The SMILES string of the molecule is FC(F)(F)[C@@H]1CCCC(n2ccnc2)C1. The number of rotatable bonds is 1. The molecule has 0 saturated heterocycles. The van der Waals surface area contributed by atoms with Crippen molar-refractivity contribution < 1.29 is 13.2 Å². The second-order valence-corrected chi connectivity index (χ2v) is 4.07. The molecule has 1 heterocycles. The summed E-state index contributed by atoms with van der Waals surface area (Å²) in [5.74, 6) is -1.14. The van der Waals surface area contributed by atoms with Gasteiger partial charge in [0.1, 0.15) is 0 Å². The van der Waals surface area contributed by atoms with Crippen molar-refractivity contribution >= 4 is 0 Å². The normalized spacial score (nSPS) is 27.9. The van der Waals surface area contributed by atoms with Gasteiger partial charge in [-0.05, 0) is 19.3 Å². The molecule has 2 atom stereocenters. The van der Waals surface area contributed by atoms with Crippen molar-refractivity contribution in [3.8, 4) is 0 Å². The Morgan fingerprint density at radius 1 is 1.27 bits per heavy atom. The molecule has 0 aliphatic heterocycles. The first kappa shape index (κ1) is 10.5. The summed E-state index contributed by atoms with van der Waals surface area (Å²) >= 11 is 0. The van der Waals surface area contributed by atoms with Crippen molar-refractivity contribution in [2.75, 3.05) is 0 Å². The predicted molar refractivity (Wildman–Crippen MR) is 49.3 cm³/mol. The first-order valence-electron chi connectivity index (χ1n) is 5.11. The minimum absolute atomic E-state index is 0.0344. The molecule has 2 rings (SSSR count). The minimum atomic E-state index is -4.04. The van der Waals surface area contributed by atoms with Crippen LogP contribution in [0.15, 0.2) is 18.7 Å². The van der Waals surface area contributed by atoms with Crippen LogP contribution in [0.5, 0.6) is 0 Å². The average molecular weight is 218 g/mol. The van der Waals surface area contributed by atoms with Gasteiger partial charge in [0.05, 0.1) is 12.2 Å². The first-order valence-corrected chi connectivity index (χ1v) is 5.11. The van der Waals surface area contributed by atoms with Crippen LogP contribution in [0.1, 0.15) is 31.7 Å². The molecule has 1 unspecified atom stereocenters. The Labute approximate surface area is 86.1 Å². The van der Waals surface area contributed by atoms with E-state index in [0.717, 1.165) is 6.42 Å². The molecular formula is C10H13F3N2. The lowest BCUT2D eigenvalue weighted by Crippen LogP contribution is -2.29. The van der Waals surface area contributed by atoms with Crippen LogP contribution in [0.25, 0.3) is 0 Å². The molecule has 84 valence electrons. The molecule has 0 aromatic carbocycles. The molecule has 1 aliphatic carbocycles. The molecule has 0 bridgehead atoms. The fraction of sp³-hybridized carbons (Fsp3) is 0.700. The lowest BCUT2D eigenvalue weighted by molar-refractivity contribution is -0.185. The van der Waals surface area contributed by atoms with Gasteiger partial charge in [-0.2, -0.15) is 13.2 Å². The van der Waals surface area contributed by atoms with Crippen LogP contribution in [0.2, 0.25) is 0 Å². The maximum Gasteiger partial charge on any atom is 0.391 e. The van der Waals surface area contributed by atoms with E-state index < -0.39 is 12.1 Å². The van der Waals surface area contributed by atoms with E-state index in [-0.39, 0.29) is 18.9 Å². The van der Waals surface area contributed by atoms with Crippen LogP contribution in [0, 0.1) is 5.92 Å². The summed E-state index contributed by atoms with van der Waals surface area (Å²) < 4.78 is 39.4. The zero-order valence-corrected chi connectivity index (χ0v) is 8.24. The van der Waals surface area contributed by atoms with Gasteiger partial charge in [-0.3, -0.25) is 0 Å². The van der Waals surface area contributed by atoms with Gasteiger partial charge in [-0.25, -0.2) is 4.98 Å². The van der Waals surface area contributed by atoms with E-state index >= 15 is 0 Å². The Morgan fingerprint density at radius 3 is 2.67 bits per heavy atom. The summed E-state index contributed by atoms with van der Waals surface area (Å²) in [5.41, 5.74) is 0. The Hall–Kier alpha value is -1.00. The lowest BCUT2D eigenvalue weighted by atomic mass is 9.85. The minimum Gasteiger partial charge on any atom is -0.334 e. The smallest absolute Gasteiger partial charge is 0.334 e. The average Bonchev–Trinajstić information content (AvgIpc) is 2.69. The van der Waals surface area contributed by atoms with Crippen molar-refractivity contribution in [3.63, 3.8) is 0 Å². The van der Waals surface area contributed by atoms with E-state index in [1.54, 1.807) is 23.3 Å². The van der Waals surface area contributed by atoms with E-state index in [4.69, 9.17) is 0 Å². The number of nitrogens with zero attached hydrogens (tertiary/aromatic N) is 2. The maximum absolute atomic E-state index is 12.5. The third-order valence-electron chi connectivity index (χ3n) is 3.06. The van der Waals surface area contributed by atoms with Gasteiger partial charge in [0.15, 0.2) is 0 Å². The van der Waals surface area contributed by atoms with Crippen molar-refractivity contribution in [1.29, 1.82) is 0 Å². The van der Waals surface area contributed by atoms with Gasteiger partial charge in [0.2, 0.25) is 0 Å². The molecule has 0 N–H and O–H groups in total. The molecule has 0 radical (unpaired) electrons. The summed E-state index contributed by atoms with van der Waals surface area (Å²) in [6, 6.07) is -0.0344. The van der Waals surface area contributed by atoms with Crippen LogP contribution < -0.4 is 0 Å². The highest BCUT2D eigenvalue weighted by atomic mass is 19.4. The number of halogens is 3. The number of hydrogen-bond acceptors (Lipinski definition) is 1. The van der Waals surface area contributed by atoms with E-state index in [2.05, 4.69) is 4.98 Å². The van der Waals surface area contributed by atoms with Crippen LogP contribution in [0.3, 0.4) is 0 Å². The topological polar surface area (TPSA) is 17.8 Å². The molecule has 1 fully saturated rings. The first-order chi connectivity index (χ1) is 7.07. The second kappa shape index (κ2) is 3.87. The largest absolute Gasteiger partial charge is 0.391 e. The molecule has 15 heavy (non-hydrogen) atoms. The number of hydrogen-bond donors (Lipinski definition) is 0. The van der Waals surface area contributed by atoms with Gasteiger partial charge < -0.3 is 4.57 Å². The summed E-state index contributed by atoms with van der Waals surface area (Å²) in [4.78, 5) is 3.87. The van der Waals surface area contributed by atoms with Gasteiger partial charge in [0, 0.05) is 18.4 Å². The molecule has 1 aromatic heterocycles. The highest BCUT2D eigenvalue weighted by molar-refractivity contribution is 4.86. The molecule has 1 saturated carbocycles. The van der Waals surface area contributed by atoms with Crippen LogP contribution in [0.4, 0.5) is 13.2 Å². The quantitative estimate of drug-likeness (QED) is 0.707. The summed E-state index contributed by atoms with van der Waals surface area (Å²) in [6.45, 7) is 0. The van der Waals surface area contributed by atoms with Gasteiger partial charge in [0.25, 0.3) is 0 Å². The van der Waals surface area contributed by atoms with Crippen molar-refractivity contribution in [1.82, 2.24) is 9.55 Å². The van der Waals surface area contributed by atoms with E-state index in [0.29, 0.717) is 6.42 Å². The van der Waals surface area contributed by atoms with E-state index in [9.17, 15) is 13.2 Å². The fourth-order valence-electron chi connectivity index (χ4n) is 2.22. The monoisotopic (exact) mass is 218 g/mol. The summed E-state index contributed by atoms with van der Waals surface area (Å²) in [7, 11) is 0. The van der Waals surface area contributed by atoms with Crippen LogP contribution in [-0.2, 0) is 0 Å². The predicted octanol–water partition coefficient (Wildman–Crippen LogP) is 3.18. The Bertz CT molecular complexity index is 305. The summed E-state index contributed by atoms with van der Waals surface area (Å²) in [6.07, 6.45) is 2.84. The molecule has 0 spiro atoms. The zero-order chi connectivity index (χ0) is 10.9. The Morgan fingerprint density at radius 2 is 2.07 bits per heavy atom. The second-order valence-electron chi connectivity index (χ2n) is 4.07. The third-order valence-corrected chi connectivity index (χ3v) is 3.06. The third kappa shape index (κ3) is 2.33. The van der Waals surface area contributed by atoms with Gasteiger partial charge in [-0.15, -0.1) is 0 Å². The maximum atomic E-state index is 12.5. The molecule has 1 aromatic rings. The fourth-order valence-corrected chi connectivity index (χ4v) is 2.22. The highest BCUT2D eigenvalue weighted by Gasteiger charge is 2.42. The molecule has 5 heteroatoms. The van der Waals surface area contributed by atoms with Crippen LogP contribution >= 0.6 is 0 Å². The molecule has 1 aliphatic rings. The van der Waals surface area contributed by atoms with Crippen LogP contribution in [-0.4, -0.2) is 15.7 Å². The molecule has 0 amide bonds. The van der Waals surface area contributed by atoms with Gasteiger partial charge in [-0.1, -0.05) is 6.42 Å². The van der Waals surface area contributed by atoms with Gasteiger partial charge >= 0.3 is 6.18 Å². The van der Waals surface area contributed by atoms with E-state index in [1.165, 1.54) is 0 Å².